The Morgan fingerprint density at radius 1 is 0.800 bits per heavy atom. The molecule has 3 aromatic heterocycles. The number of likely N-dealkylation sites (tertiary alicyclic amines) is 2. The van der Waals surface area contributed by atoms with Crippen LogP contribution < -0.4 is 15.0 Å². The first-order valence-electron chi connectivity index (χ1n) is 24.2. The number of H-pyrrole nitrogens is 1. The second-order valence-electron chi connectivity index (χ2n) is 18.9. The molecular formula is C51H54Cl2N10O7. The fourth-order valence-corrected chi connectivity index (χ4v) is 11.4. The van der Waals surface area contributed by atoms with Crippen LogP contribution in [0.4, 0.5) is 5.82 Å². The van der Waals surface area contributed by atoms with Crippen LogP contribution in [0.3, 0.4) is 0 Å². The molecular weight excluding hydrogens is 936 g/mol. The van der Waals surface area contributed by atoms with Gasteiger partial charge in [0.2, 0.25) is 23.6 Å². The molecule has 5 aromatic rings. The van der Waals surface area contributed by atoms with Gasteiger partial charge in [-0.2, -0.15) is 5.10 Å². The van der Waals surface area contributed by atoms with Gasteiger partial charge in [-0.1, -0.05) is 29.3 Å². The quantitative estimate of drug-likeness (QED) is 0.131. The van der Waals surface area contributed by atoms with Gasteiger partial charge in [-0.05, 0) is 119 Å². The van der Waals surface area contributed by atoms with E-state index in [9.17, 15) is 28.8 Å². The van der Waals surface area contributed by atoms with Gasteiger partial charge in [0.1, 0.15) is 29.4 Å². The van der Waals surface area contributed by atoms with E-state index in [1.54, 1.807) is 24.5 Å². The number of piperidine rings is 3. The summed E-state index contributed by atoms with van der Waals surface area (Å²) >= 11 is 12.8. The van der Waals surface area contributed by atoms with Crippen LogP contribution in [0.2, 0.25) is 10.0 Å². The van der Waals surface area contributed by atoms with Crippen molar-refractivity contribution in [1.29, 1.82) is 0 Å². The van der Waals surface area contributed by atoms with Crippen molar-refractivity contribution in [2.45, 2.75) is 76.4 Å². The first-order valence-corrected chi connectivity index (χ1v) is 24.9. The summed E-state index contributed by atoms with van der Waals surface area (Å²) < 4.78 is 6.25. The maximum atomic E-state index is 13.7. The van der Waals surface area contributed by atoms with Crippen molar-refractivity contribution in [3.05, 3.63) is 99.4 Å². The number of hydrogen-bond acceptors (Lipinski definition) is 12. The first kappa shape index (κ1) is 47.3. The molecule has 0 saturated carbocycles. The minimum atomic E-state index is -0.984. The maximum absolute atomic E-state index is 13.7. The Labute approximate surface area is 414 Å². The number of nitrogens with zero attached hydrogens (tertiary/aromatic N) is 8. The Hall–Kier alpha value is -6.43. The highest BCUT2D eigenvalue weighted by atomic mass is 35.5. The van der Waals surface area contributed by atoms with E-state index in [1.807, 2.05) is 59.3 Å². The van der Waals surface area contributed by atoms with E-state index in [2.05, 4.69) is 30.3 Å². The van der Waals surface area contributed by atoms with Gasteiger partial charge in [0, 0.05) is 93.1 Å². The molecule has 2 atom stereocenters. The zero-order valence-corrected chi connectivity index (χ0v) is 40.4. The Morgan fingerprint density at radius 3 is 2.26 bits per heavy atom. The number of amides is 6. The number of carbonyl (C=O) groups excluding carboxylic acids is 6. The van der Waals surface area contributed by atoms with E-state index < -0.39 is 35.8 Å². The number of imide groups is 2. The van der Waals surface area contributed by atoms with Crippen LogP contribution in [-0.4, -0.2) is 140 Å². The molecule has 6 amide bonds. The molecule has 8 heterocycles. The number of halogens is 2. The molecule has 5 aliphatic rings. The monoisotopic (exact) mass is 988 g/mol. The van der Waals surface area contributed by atoms with E-state index >= 15 is 0 Å². The predicted molar refractivity (Wildman–Crippen MR) is 261 cm³/mol. The standard InChI is InChI=1S/C51H54Cl2N10O7/c1-30(46-39(52)28-54-29-40(46)53)70-35-6-8-41-38(26-35)47(58-57-41)34-5-10-43(55-27-34)60-21-23-62(24-22-60)49(67)32-14-19-61(20-15-32)45(65)3-2-16-59-17-12-31(13-18-59)33-4-7-36-37(25-33)51(69)63(50(36)68)42-9-11-44(64)56-48(42)66/h4-8,10,25-32,42H,2-3,9,11-24H2,1H3,(H,57,58)(H,56,64,66)/t30-,42?/m1/s1. The zero-order valence-electron chi connectivity index (χ0n) is 38.9. The van der Waals surface area contributed by atoms with E-state index in [0.717, 1.165) is 77.3 Å². The molecule has 2 N–H and O–H groups in total. The number of ether oxygens (including phenoxy) is 1. The van der Waals surface area contributed by atoms with Crippen LogP contribution in [0.1, 0.15) is 102 Å². The van der Waals surface area contributed by atoms with Crippen molar-refractivity contribution in [2.75, 3.05) is 63.8 Å². The van der Waals surface area contributed by atoms with Gasteiger partial charge in [0.05, 0.1) is 26.7 Å². The summed E-state index contributed by atoms with van der Waals surface area (Å²) in [5.41, 5.74) is 4.74. The summed E-state index contributed by atoms with van der Waals surface area (Å²) in [6.45, 7) is 8.17. The molecule has 2 aromatic carbocycles. The molecule has 70 heavy (non-hydrogen) atoms. The third-order valence-electron chi connectivity index (χ3n) is 14.7. The highest BCUT2D eigenvalue weighted by Gasteiger charge is 2.45. The molecule has 19 heteroatoms. The molecule has 0 radical (unpaired) electrons. The molecule has 17 nitrogen and oxygen atoms in total. The minimum Gasteiger partial charge on any atom is -0.486 e. The molecule has 10 rings (SSSR count). The molecule has 4 fully saturated rings. The number of benzene rings is 2. The van der Waals surface area contributed by atoms with Crippen molar-refractivity contribution in [2.24, 2.45) is 5.92 Å². The van der Waals surface area contributed by atoms with Crippen LogP contribution >= 0.6 is 23.2 Å². The molecule has 0 spiro atoms. The molecule has 4 saturated heterocycles. The number of pyridine rings is 2. The first-order chi connectivity index (χ1) is 33.9. The number of carbonyl (C=O) groups is 6. The zero-order chi connectivity index (χ0) is 48.6. The summed E-state index contributed by atoms with van der Waals surface area (Å²) in [5.74, 6) is -0.0814. The normalized spacial score (nSPS) is 20.0. The second-order valence-corrected chi connectivity index (χ2v) is 19.7. The Kier molecular flexibility index (Phi) is 13.6. The van der Waals surface area contributed by atoms with Crippen molar-refractivity contribution < 1.29 is 33.5 Å². The van der Waals surface area contributed by atoms with Gasteiger partial charge in [-0.15, -0.1) is 0 Å². The van der Waals surface area contributed by atoms with Crippen molar-refractivity contribution in [3.63, 3.8) is 0 Å². The van der Waals surface area contributed by atoms with Gasteiger partial charge >= 0.3 is 0 Å². The molecule has 364 valence electrons. The lowest BCUT2D eigenvalue weighted by molar-refractivity contribution is -0.141. The number of fused-ring (bicyclic) bond motifs is 2. The molecule has 0 bridgehead atoms. The van der Waals surface area contributed by atoms with Crippen molar-refractivity contribution >= 4 is 75.4 Å². The average Bonchev–Trinajstić information content (AvgIpc) is 3.90. The summed E-state index contributed by atoms with van der Waals surface area (Å²) in [6, 6.07) is 14.2. The fourth-order valence-electron chi connectivity index (χ4n) is 10.7. The van der Waals surface area contributed by atoms with Crippen LogP contribution in [-0.2, 0) is 19.2 Å². The molecule has 0 aliphatic carbocycles. The van der Waals surface area contributed by atoms with E-state index in [1.165, 1.54) is 0 Å². The van der Waals surface area contributed by atoms with Crippen LogP contribution in [0.5, 0.6) is 5.75 Å². The fraction of sp³-hybridized carbons (Fsp3) is 0.431. The SMILES string of the molecule is C[C@@H](Oc1ccc2[nH]nc(-c3ccc(N4CCN(C(=O)C5CCN(C(=O)CCCN6CCC(c7ccc8c(c7)C(=O)N(C7CCC(=O)NC7=O)C8=O)CC6)CC5)CC4)nc3)c2c1)c1c(Cl)cncc1Cl. The number of aromatic nitrogens is 4. The van der Waals surface area contributed by atoms with Gasteiger partial charge < -0.3 is 24.3 Å². The van der Waals surface area contributed by atoms with Crippen molar-refractivity contribution in [3.8, 4) is 17.0 Å². The number of nitrogens with one attached hydrogen (secondary N) is 2. The average molecular weight is 990 g/mol. The number of aromatic amines is 1. The van der Waals surface area contributed by atoms with E-state index in [4.69, 9.17) is 32.9 Å². The number of rotatable bonds is 12. The van der Waals surface area contributed by atoms with Gasteiger partial charge in [0.15, 0.2) is 0 Å². The lowest BCUT2D eigenvalue weighted by atomic mass is 9.87. The van der Waals surface area contributed by atoms with Crippen LogP contribution in [0, 0.1) is 5.92 Å². The van der Waals surface area contributed by atoms with Gasteiger partial charge in [-0.3, -0.25) is 49.1 Å². The van der Waals surface area contributed by atoms with Gasteiger partial charge in [-0.25, -0.2) is 4.98 Å². The summed E-state index contributed by atoms with van der Waals surface area (Å²) in [5, 5.41) is 11.7. The highest BCUT2D eigenvalue weighted by molar-refractivity contribution is 6.35. The third kappa shape index (κ3) is 9.58. The maximum Gasteiger partial charge on any atom is 0.262 e. The molecule has 1 unspecified atom stereocenters. The van der Waals surface area contributed by atoms with E-state index in [0.29, 0.717) is 91.0 Å². The summed E-state index contributed by atoms with van der Waals surface area (Å²) in [7, 11) is 0. The Morgan fingerprint density at radius 2 is 1.54 bits per heavy atom. The minimum absolute atomic E-state index is 0.0813. The highest BCUT2D eigenvalue weighted by Crippen LogP contribution is 2.37. The Bertz CT molecular complexity index is 2830. The summed E-state index contributed by atoms with van der Waals surface area (Å²) in [6.07, 6.45) is 9.05. The number of piperazine rings is 1. The second kappa shape index (κ2) is 20.1. The number of anilines is 1. The predicted octanol–water partition coefficient (Wildman–Crippen LogP) is 6.41. The van der Waals surface area contributed by atoms with Crippen LogP contribution in [0.15, 0.2) is 67.1 Å². The largest absolute Gasteiger partial charge is 0.486 e. The van der Waals surface area contributed by atoms with Gasteiger partial charge in [0.25, 0.3) is 11.8 Å². The lowest BCUT2D eigenvalue weighted by Gasteiger charge is -2.39. The number of hydrogen-bond donors (Lipinski definition) is 2. The topological polar surface area (TPSA) is 194 Å². The summed E-state index contributed by atoms with van der Waals surface area (Å²) in [4.78, 5) is 95.8. The smallest absolute Gasteiger partial charge is 0.262 e. The van der Waals surface area contributed by atoms with E-state index in [-0.39, 0.29) is 36.5 Å². The molecule has 5 aliphatic heterocycles. The van der Waals surface area contributed by atoms with Crippen LogP contribution in [0.25, 0.3) is 22.2 Å². The Balaban J connectivity index is 0.637. The third-order valence-corrected chi connectivity index (χ3v) is 15.3. The lowest BCUT2D eigenvalue weighted by Crippen LogP contribution is -2.54. The van der Waals surface area contributed by atoms with Crippen molar-refractivity contribution in [1.82, 2.24) is 45.1 Å².